The van der Waals surface area contributed by atoms with Crippen molar-refractivity contribution >= 4 is 18.3 Å². The van der Waals surface area contributed by atoms with Gasteiger partial charge >= 0.3 is 0 Å². The summed E-state index contributed by atoms with van der Waals surface area (Å²) in [4.78, 5) is 11.5. The molecular formula is C10H21ClN2O3. The number of rotatable bonds is 6. The molecule has 0 aromatic rings. The standard InChI is InChI=1S/C10H20N2O3.ClH/c1-2-14-6-3-4-12-10(13)9-8-11-5-7-15-9;/h9,11H,2-8H2,1H3,(H,12,13);1H. The summed E-state index contributed by atoms with van der Waals surface area (Å²) in [5.74, 6) is -0.0290. The average Bonchev–Trinajstić information content (AvgIpc) is 2.30. The number of carbonyl (C=O) groups excluding carboxylic acids is 1. The minimum Gasteiger partial charge on any atom is -0.382 e. The van der Waals surface area contributed by atoms with Crippen LogP contribution in [0.4, 0.5) is 0 Å². The van der Waals surface area contributed by atoms with Crippen molar-refractivity contribution in [3.8, 4) is 0 Å². The van der Waals surface area contributed by atoms with Gasteiger partial charge in [0.05, 0.1) is 6.61 Å². The second kappa shape index (κ2) is 9.84. The van der Waals surface area contributed by atoms with E-state index in [-0.39, 0.29) is 24.4 Å². The Morgan fingerprint density at radius 2 is 2.44 bits per heavy atom. The van der Waals surface area contributed by atoms with E-state index in [0.29, 0.717) is 26.3 Å². The van der Waals surface area contributed by atoms with E-state index in [1.807, 2.05) is 6.92 Å². The van der Waals surface area contributed by atoms with Gasteiger partial charge in [-0.2, -0.15) is 0 Å². The minimum atomic E-state index is -0.328. The molecule has 2 N–H and O–H groups in total. The van der Waals surface area contributed by atoms with E-state index in [2.05, 4.69) is 10.6 Å². The Morgan fingerprint density at radius 3 is 3.06 bits per heavy atom. The van der Waals surface area contributed by atoms with Crippen molar-refractivity contribution in [3.63, 3.8) is 0 Å². The van der Waals surface area contributed by atoms with Crippen molar-refractivity contribution in [1.82, 2.24) is 10.6 Å². The summed E-state index contributed by atoms with van der Waals surface area (Å²) in [5, 5.41) is 5.94. The van der Waals surface area contributed by atoms with E-state index >= 15 is 0 Å². The molecular weight excluding hydrogens is 232 g/mol. The first kappa shape index (κ1) is 15.6. The highest BCUT2D eigenvalue weighted by atomic mass is 35.5. The summed E-state index contributed by atoms with van der Waals surface area (Å²) >= 11 is 0. The molecule has 0 aromatic heterocycles. The molecule has 1 amide bonds. The van der Waals surface area contributed by atoms with Crippen molar-refractivity contribution in [2.45, 2.75) is 19.4 Å². The summed E-state index contributed by atoms with van der Waals surface area (Å²) in [6.07, 6.45) is 0.519. The molecule has 1 atom stereocenters. The molecule has 0 spiro atoms. The van der Waals surface area contributed by atoms with Crippen LogP contribution >= 0.6 is 12.4 Å². The molecule has 1 fully saturated rings. The van der Waals surface area contributed by atoms with Crippen LogP contribution in [0.3, 0.4) is 0 Å². The van der Waals surface area contributed by atoms with E-state index in [1.165, 1.54) is 0 Å². The lowest BCUT2D eigenvalue weighted by molar-refractivity contribution is -0.134. The summed E-state index contributed by atoms with van der Waals surface area (Å²) in [6, 6.07) is 0. The number of halogens is 1. The number of amides is 1. The Morgan fingerprint density at radius 1 is 1.62 bits per heavy atom. The maximum atomic E-state index is 11.5. The molecule has 1 rings (SSSR count). The molecule has 0 bridgehead atoms. The maximum absolute atomic E-state index is 11.5. The predicted molar refractivity (Wildman–Crippen MR) is 64.0 cm³/mol. The summed E-state index contributed by atoms with van der Waals surface area (Å²) in [5.41, 5.74) is 0. The van der Waals surface area contributed by atoms with Crippen molar-refractivity contribution in [2.75, 3.05) is 39.5 Å². The quantitative estimate of drug-likeness (QED) is 0.651. The molecule has 1 unspecified atom stereocenters. The molecule has 5 nitrogen and oxygen atoms in total. The van der Waals surface area contributed by atoms with Crippen LogP contribution < -0.4 is 10.6 Å². The van der Waals surface area contributed by atoms with Crippen molar-refractivity contribution in [2.24, 2.45) is 0 Å². The number of hydrogen-bond donors (Lipinski definition) is 2. The van der Waals surface area contributed by atoms with Gasteiger partial charge in [-0.3, -0.25) is 4.79 Å². The smallest absolute Gasteiger partial charge is 0.250 e. The fraction of sp³-hybridized carbons (Fsp3) is 0.900. The largest absolute Gasteiger partial charge is 0.382 e. The summed E-state index contributed by atoms with van der Waals surface area (Å²) < 4.78 is 10.5. The molecule has 1 aliphatic rings. The third kappa shape index (κ3) is 6.27. The summed E-state index contributed by atoms with van der Waals surface area (Å²) in [6.45, 7) is 6.07. The van der Waals surface area contributed by atoms with Crippen LogP contribution in [0.25, 0.3) is 0 Å². The number of ether oxygens (including phenoxy) is 2. The van der Waals surface area contributed by atoms with Crippen LogP contribution in [-0.4, -0.2) is 51.5 Å². The van der Waals surface area contributed by atoms with Crippen LogP contribution in [0, 0.1) is 0 Å². The molecule has 1 saturated heterocycles. The molecule has 96 valence electrons. The molecule has 1 aliphatic heterocycles. The fourth-order valence-corrected chi connectivity index (χ4v) is 1.38. The van der Waals surface area contributed by atoms with Crippen molar-refractivity contribution in [3.05, 3.63) is 0 Å². The van der Waals surface area contributed by atoms with E-state index in [9.17, 15) is 4.79 Å². The number of carbonyl (C=O) groups is 1. The van der Waals surface area contributed by atoms with Gasteiger partial charge in [0.1, 0.15) is 6.10 Å². The Labute approximate surface area is 103 Å². The molecule has 0 radical (unpaired) electrons. The second-order valence-electron chi connectivity index (χ2n) is 3.41. The van der Waals surface area contributed by atoms with Gasteiger partial charge in [0.2, 0.25) is 5.91 Å². The van der Waals surface area contributed by atoms with E-state index in [4.69, 9.17) is 9.47 Å². The Bertz CT molecular complexity index is 187. The molecule has 0 saturated carbocycles. The van der Waals surface area contributed by atoms with Crippen LogP contribution in [0.15, 0.2) is 0 Å². The average molecular weight is 253 g/mol. The second-order valence-corrected chi connectivity index (χ2v) is 3.41. The van der Waals surface area contributed by atoms with Crippen LogP contribution in [-0.2, 0) is 14.3 Å². The van der Waals surface area contributed by atoms with Gasteiger partial charge < -0.3 is 20.1 Å². The van der Waals surface area contributed by atoms with Gasteiger partial charge in [0.25, 0.3) is 0 Å². The molecule has 6 heteroatoms. The van der Waals surface area contributed by atoms with Gasteiger partial charge in [-0.1, -0.05) is 0 Å². The molecule has 0 aliphatic carbocycles. The Kier molecular flexibility index (Phi) is 9.62. The first-order valence-corrected chi connectivity index (χ1v) is 5.52. The van der Waals surface area contributed by atoms with Gasteiger partial charge in [0.15, 0.2) is 0 Å². The van der Waals surface area contributed by atoms with Crippen LogP contribution in [0.2, 0.25) is 0 Å². The van der Waals surface area contributed by atoms with Gasteiger partial charge in [-0.15, -0.1) is 12.4 Å². The molecule has 0 aromatic carbocycles. The third-order valence-electron chi connectivity index (χ3n) is 2.19. The lowest BCUT2D eigenvalue weighted by atomic mass is 10.3. The van der Waals surface area contributed by atoms with E-state index in [1.54, 1.807) is 0 Å². The third-order valence-corrected chi connectivity index (χ3v) is 2.19. The molecule has 16 heavy (non-hydrogen) atoms. The zero-order valence-corrected chi connectivity index (χ0v) is 10.5. The number of morpholine rings is 1. The van der Waals surface area contributed by atoms with Gasteiger partial charge in [-0.25, -0.2) is 0 Å². The zero-order chi connectivity index (χ0) is 10.9. The monoisotopic (exact) mass is 252 g/mol. The fourth-order valence-electron chi connectivity index (χ4n) is 1.38. The van der Waals surface area contributed by atoms with Gasteiger partial charge in [0, 0.05) is 32.8 Å². The zero-order valence-electron chi connectivity index (χ0n) is 9.66. The van der Waals surface area contributed by atoms with Crippen LogP contribution in [0.5, 0.6) is 0 Å². The SMILES string of the molecule is CCOCCCNC(=O)C1CNCCO1.Cl. The number of hydrogen-bond acceptors (Lipinski definition) is 4. The van der Waals surface area contributed by atoms with Crippen LogP contribution in [0.1, 0.15) is 13.3 Å². The highest BCUT2D eigenvalue weighted by Crippen LogP contribution is 1.95. The number of nitrogens with one attached hydrogen (secondary N) is 2. The highest BCUT2D eigenvalue weighted by Gasteiger charge is 2.20. The molecule has 1 heterocycles. The van der Waals surface area contributed by atoms with Gasteiger partial charge in [-0.05, 0) is 13.3 Å². The van der Waals surface area contributed by atoms with Crippen molar-refractivity contribution in [1.29, 1.82) is 0 Å². The maximum Gasteiger partial charge on any atom is 0.250 e. The lowest BCUT2D eigenvalue weighted by Gasteiger charge is -2.22. The first-order chi connectivity index (χ1) is 7.34. The van der Waals surface area contributed by atoms with Crippen molar-refractivity contribution < 1.29 is 14.3 Å². The predicted octanol–water partition coefficient (Wildman–Crippen LogP) is -0.0606. The highest BCUT2D eigenvalue weighted by molar-refractivity contribution is 5.85. The van der Waals surface area contributed by atoms with E-state index < -0.39 is 0 Å². The normalized spacial score (nSPS) is 19.9. The van der Waals surface area contributed by atoms with E-state index in [0.717, 1.165) is 19.6 Å². The Balaban J connectivity index is 0.00000225. The lowest BCUT2D eigenvalue weighted by Crippen LogP contribution is -2.48. The Hall–Kier alpha value is -0.360. The summed E-state index contributed by atoms with van der Waals surface area (Å²) in [7, 11) is 0. The topological polar surface area (TPSA) is 59.6 Å². The first-order valence-electron chi connectivity index (χ1n) is 5.52. The minimum absolute atomic E-state index is 0.